The fourth-order valence-electron chi connectivity index (χ4n) is 1.44. The van der Waals surface area contributed by atoms with Crippen molar-refractivity contribution in [3.8, 4) is 0 Å². The molecular formula is C12H19NO3S. The van der Waals surface area contributed by atoms with Gasteiger partial charge in [0.1, 0.15) is 0 Å². The summed E-state index contributed by atoms with van der Waals surface area (Å²) in [5.41, 5.74) is 2.78. The number of anilines is 1. The second kappa shape index (κ2) is 6.02. The molecule has 5 heteroatoms. The van der Waals surface area contributed by atoms with Crippen molar-refractivity contribution < 1.29 is 13.5 Å². The highest BCUT2D eigenvalue weighted by Crippen LogP contribution is 2.15. The molecule has 0 amide bonds. The van der Waals surface area contributed by atoms with Gasteiger partial charge >= 0.3 is 0 Å². The molecule has 0 unspecified atom stereocenters. The zero-order valence-corrected chi connectivity index (χ0v) is 11.0. The van der Waals surface area contributed by atoms with E-state index in [-0.39, 0.29) is 12.4 Å². The minimum absolute atomic E-state index is 0.0269. The smallest absolute Gasteiger partial charge is 0.232 e. The average molecular weight is 257 g/mol. The van der Waals surface area contributed by atoms with E-state index in [9.17, 15) is 8.42 Å². The fourth-order valence-corrected chi connectivity index (χ4v) is 2.61. The van der Waals surface area contributed by atoms with Crippen molar-refractivity contribution in [3.63, 3.8) is 0 Å². The molecule has 0 heterocycles. The van der Waals surface area contributed by atoms with Gasteiger partial charge in [0.2, 0.25) is 10.0 Å². The molecular weight excluding hydrogens is 238 g/mol. The summed E-state index contributed by atoms with van der Waals surface area (Å²) in [5.74, 6) is 0.0421. The Balaban J connectivity index is 2.66. The number of unbranched alkanes of at least 4 members (excludes halogenated alkanes) is 1. The number of aryl methyl sites for hydroxylation is 2. The zero-order valence-electron chi connectivity index (χ0n) is 10.2. The third-order valence-electron chi connectivity index (χ3n) is 2.60. The molecule has 0 atom stereocenters. The number of benzene rings is 1. The van der Waals surface area contributed by atoms with Crippen LogP contribution in [0.5, 0.6) is 0 Å². The lowest BCUT2D eigenvalue weighted by Gasteiger charge is -2.09. The van der Waals surface area contributed by atoms with Crippen molar-refractivity contribution in [2.45, 2.75) is 26.7 Å². The number of aliphatic hydroxyl groups excluding tert-OH is 1. The molecule has 0 aliphatic rings. The topological polar surface area (TPSA) is 66.4 Å². The first-order valence-electron chi connectivity index (χ1n) is 5.63. The predicted octanol–water partition coefficient (Wildman–Crippen LogP) is 1.82. The third-order valence-corrected chi connectivity index (χ3v) is 3.97. The Hall–Kier alpha value is -1.07. The summed E-state index contributed by atoms with van der Waals surface area (Å²) in [7, 11) is -3.30. The molecule has 0 spiro atoms. The minimum Gasteiger partial charge on any atom is -0.396 e. The molecule has 1 rings (SSSR count). The molecule has 0 aliphatic carbocycles. The summed E-state index contributed by atoms with van der Waals surface area (Å²) in [4.78, 5) is 0. The number of hydrogen-bond donors (Lipinski definition) is 2. The van der Waals surface area contributed by atoms with Crippen molar-refractivity contribution >= 4 is 15.7 Å². The first kappa shape index (κ1) is 14.0. The lowest BCUT2D eigenvalue weighted by molar-refractivity contribution is 0.287. The summed E-state index contributed by atoms with van der Waals surface area (Å²) in [6.45, 7) is 3.95. The van der Waals surface area contributed by atoms with Crippen LogP contribution in [0, 0.1) is 13.8 Å². The van der Waals surface area contributed by atoms with Gasteiger partial charge in [-0.2, -0.15) is 0 Å². The molecule has 4 nitrogen and oxygen atoms in total. The maximum atomic E-state index is 11.7. The van der Waals surface area contributed by atoms with E-state index < -0.39 is 10.0 Å². The molecule has 1 aromatic rings. The van der Waals surface area contributed by atoms with E-state index in [1.807, 2.05) is 26.0 Å². The molecule has 0 bridgehead atoms. The van der Waals surface area contributed by atoms with Gasteiger partial charge in [0.05, 0.1) is 5.75 Å². The molecule has 2 N–H and O–H groups in total. The highest BCUT2D eigenvalue weighted by Gasteiger charge is 2.10. The van der Waals surface area contributed by atoms with Crippen LogP contribution in [-0.4, -0.2) is 25.9 Å². The summed E-state index contributed by atoms with van der Waals surface area (Å²) in [5, 5.41) is 8.60. The van der Waals surface area contributed by atoms with Gasteiger partial charge in [-0.15, -0.1) is 0 Å². The Morgan fingerprint density at radius 3 is 2.47 bits per heavy atom. The Labute approximate surface area is 103 Å². The molecule has 0 saturated heterocycles. The van der Waals surface area contributed by atoms with Gasteiger partial charge in [-0.25, -0.2) is 8.42 Å². The standard InChI is InChI=1S/C12H19NO3S/c1-10-5-6-12(9-11(10)2)13-17(15,16)8-4-3-7-14/h5-6,9,13-14H,3-4,7-8H2,1-2H3. The van der Waals surface area contributed by atoms with Crippen LogP contribution in [-0.2, 0) is 10.0 Å². The van der Waals surface area contributed by atoms with Crippen LogP contribution < -0.4 is 4.72 Å². The Morgan fingerprint density at radius 1 is 1.18 bits per heavy atom. The number of nitrogens with one attached hydrogen (secondary N) is 1. The first-order chi connectivity index (χ1) is 7.94. The summed E-state index contributed by atoms with van der Waals surface area (Å²) >= 11 is 0. The van der Waals surface area contributed by atoms with Crippen molar-refractivity contribution in [2.24, 2.45) is 0 Å². The van der Waals surface area contributed by atoms with E-state index in [4.69, 9.17) is 5.11 Å². The van der Waals surface area contributed by atoms with Crippen LogP contribution in [0.3, 0.4) is 0 Å². The van der Waals surface area contributed by atoms with Crippen LogP contribution in [0.4, 0.5) is 5.69 Å². The van der Waals surface area contributed by atoms with Gasteiger partial charge in [-0.3, -0.25) is 4.72 Å². The third kappa shape index (κ3) is 4.75. The van der Waals surface area contributed by atoms with Gasteiger partial charge in [0.15, 0.2) is 0 Å². The van der Waals surface area contributed by atoms with Crippen molar-refractivity contribution in [3.05, 3.63) is 29.3 Å². The molecule has 0 aliphatic heterocycles. The van der Waals surface area contributed by atoms with E-state index in [1.165, 1.54) is 0 Å². The Kier molecular flexibility index (Phi) is 4.96. The lowest BCUT2D eigenvalue weighted by atomic mass is 10.1. The van der Waals surface area contributed by atoms with Gasteiger partial charge in [-0.05, 0) is 49.9 Å². The first-order valence-corrected chi connectivity index (χ1v) is 7.28. The number of aliphatic hydroxyl groups is 1. The minimum atomic E-state index is -3.30. The number of hydrogen-bond acceptors (Lipinski definition) is 3. The lowest BCUT2D eigenvalue weighted by Crippen LogP contribution is -2.17. The van der Waals surface area contributed by atoms with Gasteiger partial charge in [0.25, 0.3) is 0 Å². The molecule has 0 saturated carbocycles. The van der Waals surface area contributed by atoms with Gasteiger partial charge in [0, 0.05) is 12.3 Å². The fraction of sp³-hybridized carbons (Fsp3) is 0.500. The summed E-state index contributed by atoms with van der Waals surface area (Å²) in [6, 6.07) is 5.46. The van der Waals surface area contributed by atoms with E-state index in [1.54, 1.807) is 6.07 Å². The van der Waals surface area contributed by atoms with Gasteiger partial charge < -0.3 is 5.11 Å². The average Bonchev–Trinajstić information content (AvgIpc) is 2.23. The van der Waals surface area contributed by atoms with E-state index in [0.29, 0.717) is 18.5 Å². The predicted molar refractivity (Wildman–Crippen MR) is 69.6 cm³/mol. The van der Waals surface area contributed by atoms with Gasteiger partial charge in [-0.1, -0.05) is 6.07 Å². The quantitative estimate of drug-likeness (QED) is 0.764. The molecule has 0 aromatic heterocycles. The van der Waals surface area contributed by atoms with Crippen LogP contribution in [0.15, 0.2) is 18.2 Å². The second-order valence-electron chi connectivity index (χ2n) is 4.15. The Bertz CT molecular complexity index is 469. The molecule has 17 heavy (non-hydrogen) atoms. The molecule has 1 aromatic carbocycles. The summed E-state index contributed by atoms with van der Waals surface area (Å²) < 4.78 is 25.9. The van der Waals surface area contributed by atoms with E-state index in [0.717, 1.165) is 11.1 Å². The molecule has 0 radical (unpaired) electrons. The van der Waals surface area contributed by atoms with Crippen LogP contribution in [0.1, 0.15) is 24.0 Å². The SMILES string of the molecule is Cc1ccc(NS(=O)(=O)CCCCO)cc1C. The molecule has 0 fully saturated rings. The maximum absolute atomic E-state index is 11.7. The number of sulfonamides is 1. The maximum Gasteiger partial charge on any atom is 0.232 e. The van der Waals surface area contributed by atoms with Crippen LogP contribution in [0.2, 0.25) is 0 Å². The zero-order chi connectivity index (χ0) is 12.9. The Morgan fingerprint density at radius 2 is 1.88 bits per heavy atom. The normalized spacial score (nSPS) is 11.5. The largest absolute Gasteiger partial charge is 0.396 e. The summed E-state index contributed by atoms with van der Waals surface area (Å²) in [6.07, 6.45) is 0.977. The van der Waals surface area contributed by atoms with Crippen LogP contribution in [0.25, 0.3) is 0 Å². The second-order valence-corrected chi connectivity index (χ2v) is 5.99. The van der Waals surface area contributed by atoms with Crippen molar-refractivity contribution in [1.82, 2.24) is 0 Å². The highest BCUT2D eigenvalue weighted by atomic mass is 32.2. The molecule has 96 valence electrons. The number of rotatable bonds is 6. The monoisotopic (exact) mass is 257 g/mol. The highest BCUT2D eigenvalue weighted by molar-refractivity contribution is 7.92. The van der Waals surface area contributed by atoms with Crippen LogP contribution >= 0.6 is 0 Å². The van der Waals surface area contributed by atoms with E-state index in [2.05, 4.69) is 4.72 Å². The van der Waals surface area contributed by atoms with Crippen molar-refractivity contribution in [2.75, 3.05) is 17.1 Å². The van der Waals surface area contributed by atoms with Crippen molar-refractivity contribution in [1.29, 1.82) is 0 Å². The van der Waals surface area contributed by atoms with E-state index >= 15 is 0 Å².